The molecule has 0 radical (unpaired) electrons. The number of hydrogen-bond donors (Lipinski definition) is 2. The Hall–Kier alpha value is -1.16. The normalized spacial score (nSPS) is 19.8. The first-order chi connectivity index (χ1) is 7.81. The molecule has 2 N–H and O–H groups in total. The Morgan fingerprint density at radius 3 is 2.62 bits per heavy atom. The van der Waals surface area contributed by atoms with Crippen LogP contribution in [-0.2, 0) is 6.54 Å². The smallest absolute Gasteiger partial charge is 0.223 e. The first-order valence-electron chi connectivity index (χ1n) is 6.14. The van der Waals surface area contributed by atoms with E-state index in [4.69, 9.17) is 0 Å². The molecule has 0 unspecified atom stereocenters. The summed E-state index contributed by atoms with van der Waals surface area (Å²) in [6.07, 6.45) is 7.10. The van der Waals surface area contributed by atoms with Crippen LogP contribution in [0.4, 0.5) is 5.95 Å². The molecule has 1 heterocycles. The van der Waals surface area contributed by atoms with E-state index >= 15 is 0 Å². The molecule has 16 heavy (non-hydrogen) atoms. The summed E-state index contributed by atoms with van der Waals surface area (Å²) in [4.78, 5) is 8.85. The van der Waals surface area contributed by atoms with E-state index in [1.807, 2.05) is 6.20 Å². The zero-order chi connectivity index (χ0) is 11.0. The summed E-state index contributed by atoms with van der Waals surface area (Å²) in [7, 11) is 0. The third kappa shape index (κ3) is 2.50. The maximum absolute atomic E-state index is 4.49. The van der Waals surface area contributed by atoms with E-state index in [0.29, 0.717) is 6.04 Å². The lowest BCUT2D eigenvalue weighted by atomic mass is 10.2. The number of aromatic nitrogens is 2. The van der Waals surface area contributed by atoms with E-state index in [1.54, 1.807) is 0 Å². The number of rotatable bonds is 5. The summed E-state index contributed by atoms with van der Waals surface area (Å²) in [5.74, 6) is 0.787. The van der Waals surface area contributed by atoms with Gasteiger partial charge in [-0.1, -0.05) is 0 Å². The van der Waals surface area contributed by atoms with Crippen LogP contribution >= 0.6 is 0 Å². The second kappa shape index (κ2) is 4.01. The third-order valence-corrected chi connectivity index (χ3v) is 3.15. The number of anilines is 1. The van der Waals surface area contributed by atoms with Crippen molar-refractivity contribution in [1.29, 1.82) is 0 Å². The van der Waals surface area contributed by atoms with Crippen LogP contribution in [0.15, 0.2) is 6.20 Å². The molecule has 1 aromatic heterocycles. The number of hydrogen-bond acceptors (Lipinski definition) is 4. The summed E-state index contributed by atoms with van der Waals surface area (Å²) < 4.78 is 0. The molecule has 4 nitrogen and oxygen atoms in total. The maximum Gasteiger partial charge on any atom is 0.223 e. The van der Waals surface area contributed by atoms with Crippen molar-refractivity contribution >= 4 is 5.95 Å². The van der Waals surface area contributed by atoms with Gasteiger partial charge in [-0.15, -0.1) is 0 Å². The average Bonchev–Trinajstić information content (AvgIpc) is 3.11. The van der Waals surface area contributed by atoms with Gasteiger partial charge in [0.15, 0.2) is 0 Å². The highest BCUT2D eigenvalue weighted by Gasteiger charge is 2.22. The summed E-state index contributed by atoms with van der Waals surface area (Å²) in [5.41, 5.74) is 2.31. The Bertz CT molecular complexity index is 383. The molecular weight excluding hydrogens is 200 g/mol. The minimum Gasteiger partial charge on any atom is -0.351 e. The highest BCUT2D eigenvalue weighted by atomic mass is 15.1. The Labute approximate surface area is 95.9 Å². The highest BCUT2D eigenvalue weighted by molar-refractivity contribution is 5.31. The van der Waals surface area contributed by atoms with Gasteiger partial charge in [0, 0.05) is 36.1 Å². The molecule has 3 rings (SSSR count). The summed E-state index contributed by atoms with van der Waals surface area (Å²) >= 11 is 0. The summed E-state index contributed by atoms with van der Waals surface area (Å²) in [5, 5.41) is 6.80. The van der Waals surface area contributed by atoms with Gasteiger partial charge in [-0.3, -0.25) is 0 Å². The number of nitrogens with zero attached hydrogens (tertiary/aromatic N) is 2. The second-order valence-electron chi connectivity index (χ2n) is 4.88. The highest BCUT2D eigenvalue weighted by Crippen LogP contribution is 2.23. The Morgan fingerprint density at radius 2 is 2.00 bits per heavy atom. The molecule has 0 bridgehead atoms. The Kier molecular flexibility index (Phi) is 2.52. The van der Waals surface area contributed by atoms with Crippen molar-refractivity contribution in [2.24, 2.45) is 0 Å². The number of aryl methyl sites for hydroxylation is 1. The van der Waals surface area contributed by atoms with Gasteiger partial charge in [0.2, 0.25) is 5.95 Å². The van der Waals surface area contributed by atoms with Crippen molar-refractivity contribution in [1.82, 2.24) is 15.3 Å². The molecule has 86 valence electrons. The molecule has 0 amide bonds. The van der Waals surface area contributed by atoms with Crippen LogP contribution in [0.2, 0.25) is 0 Å². The topological polar surface area (TPSA) is 49.8 Å². The van der Waals surface area contributed by atoms with Crippen LogP contribution in [0.3, 0.4) is 0 Å². The van der Waals surface area contributed by atoms with Crippen molar-refractivity contribution in [3.05, 3.63) is 17.5 Å². The zero-order valence-corrected chi connectivity index (χ0v) is 9.66. The summed E-state index contributed by atoms with van der Waals surface area (Å²) in [6.45, 7) is 2.96. The lowest BCUT2D eigenvalue weighted by Gasteiger charge is -2.08. The van der Waals surface area contributed by atoms with Crippen LogP contribution in [0.5, 0.6) is 0 Å². The van der Waals surface area contributed by atoms with E-state index in [9.17, 15) is 0 Å². The van der Waals surface area contributed by atoms with Crippen LogP contribution in [-0.4, -0.2) is 22.1 Å². The lowest BCUT2D eigenvalue weighted by molar-refractivity contribution is 0.679. The fourth-order valence-corrected chi connectivity index (χ4v) is 1.69. The standard InChI is InChI=1S/C12H18N4/c1-8-9(6-13-10-2-3-10)7-14-12(15-8)16-11-4-5-11/h7,10-11,13H,2-6H2,1H3,(H,14,15,16). The van der Waals surface area contributed by atoms with Crippen molar-refractivity contribution in [2.75, 3.05) is 5.32 Å². The molecule has 2 fully saturated rings. The molecule has 2 saturated carbocycles. The van der Waals surface area contributed by atoms with E-state index < -0.39 is 0 Å². The second-order valence-corrected chi connectivity index (χ2v) is 4.88. The van der Waals surface area contributed by atoms with Crippen molar-refractivity contribution in [3.8, 4) is 0 Å². The molecule has 1 aromatic rings. The van der Waals surface area contributed by atoms with E-state index in [1.165, 1.54) is 31.2 Å². The molecule has 4 heteroatoms. The zero-order valence-electron chi connectivity index (χ0n) is 9.66. The van der Waals surface area contributed by atoms with Gasteiger partial charge in [0.25, 0.3) is 0 Å². The van der Waals surface area contributed by atoms with Gasteiger partial charge in [-0.05, 0) is 32.6 Å². The molecule has 2 aliphatic carbocycles. The summed E-state index contributed by atoms with van der Waals surface area (Å²) in [6, 6.07) is 1.36. The van der Waals surface area contributed by atoms with Gasteiger partial charge < -0.3 is 10.6 Å². The van der Waals surface area contributed by atoms with Crippen molar-refractivity contribution < 1.29 is 0 Å². The van der Waals surface area contributed by atoms with Gasteiger partial charge in [-0.2, -0.15) is 0 Å². The van der Waals surface area contributed by atoms with Crippen LogP contribution in [0.1, 0.15) is 36.9 Å². The predicted octanol–water partition coefficient (Wildman–Crippen LogP) is 1.61. The Morgan fingerprint density at radius 1 is 1.25 bits per heavy atom. The van der Waals surface area contributed by atoms with Crippen molar-refractivity contribution in [3.63, 3.8) is 0 Å². The largest absolute Gasteiger partial charge is 0.351 e. The van der Waals surface area contributed by atoms with Gasteiger partial charge in [-0.25, -0.2) is 9.97 Å². The fraction of sp³-hybridized carbons (Fsp3) is 0.667. The van der Waals surface area contributed by atoms with Gasteiger partial charge in [0.1, 0.15) is 0 Å². The SMILES string of the molecule is Cc1nc(NC2CC2)ncc1CNC1CC1. The van der Waals surface area contributed by atoms with E-state index in [2.05, 4.69) is 27.5 Å². The van der Waals surface area contributed by atoms with Gasteiger partial charge >= 0.3 is 0 Å². The van der Waals surface area contributed by atoms with Crippen LogP contribution in [0.25, 0.3) is 0 Å². The van der Waals surface area contributed by atoms with E-state index in [-0.39, 0.29) is 0 Å². The quantitative estimate of drug-likeness (QED) is 0.788. The number of nitrogens with one attached hydrogen (secondary N) is 2. The first kappa shape index (κ1) is 10.0. The average molecular weight is 218 g/mol. The molecule has 0 aromatic carbocycles. The third-order valence-electron chi connectivity index (χ3n) is 3.15. The van der Waals surface area contributed by atoms with Crippen LogP contribution in [0, 0.1) is 6.92 Å². The molecule has 2 aliphatic rings. The van der Waals surface area contributed by atoms with Crippen LogP contribution < -0.4 is 10.6 Å². The molecule has 0 atom stereocenters. The molecule has 0 saturated heterocycles. The van der Waals surface area contributed by atoms with Gasteiger partial charge in [0.05, 0.1) is 0 Å². The minimum absolute atomic E-state index is 0.620. The Balaban J connectivity index is 1.63. The van der Waals surface area contributed by atoms with E-state index in [0.717, 1.165) is 24.2 Å². The molecule has 0 spiro atoms. The molecule has 0 aliphatic heterocycles. The van der Waals surface area contributed by atoms with Crippen molar-refractivity contribution in [2.45, 2.75) is 51.2 Å². The monoisotopic (exact) mass is 218 g/mol. The first-order valence-corrected chi connectivity index (χ1v) is 6.14. The predicted molar refractivity (Wildman–Crippen MR) is 63.3 cm³/mol. The maximum atomic E-state index is 4.49. The lowest BCUT2D eigenvalue weighted by Crippen LogP contribution is -2.17. The minimum atomic E-state index is 0.620. The fourth-order valence-electron chi connectivity index (χ4n) is 1.69. The molecular formula is C12H18N4.